The van der Waals surface area contributed by atoms with E-state index >= 15 is 0 Å². The Kier molecular flexibility index (Phi) is 3.74. The number of aliphatic hydroxyl groups is 1. The fourth-order valence-corrected chi connectivity index (χ4v) is 2.41. The molecule has 1 fully saturated rings. The predicted octanol–water partition coefficient (Wildman–Crippen LogP) is 1.40. The number of aliphatic hydroxyl groups excluding tert-OH is 1. The van der Waals surface area contributed by atoms with Crippen molar-refractivity contribution < 1.29 is 5.11 Å². The van der Waals surface area contributed by atoms with Crippen molar-refractivity contribution in [1.29, 1.82) is 0 Å². The molecular formula is C11H16ClN3O. The van der Waals surface area contributed by atoms with Crippen LogP contribution >= 0.6 is 11.6 Å². The van der Waals surface area contributed by atoms with E-state index in [1.807, 2.05) is 6.92 Å². The first-order valence-electron chi connectivity index (χ1n) is 5.54. The predicted molar refractivity (Wildman–Crippen MR) is 62.3 cm³/mol. The molecule has 0 bridgehead atoms. The van der Waals surface area contributed by atoms with Gasteiger partial charge in [-0.2, -0.15) is 0 Å². The Labute approximate surface area is 100 Å². The van der Waals surface area contributed by atoms with Gasteiger partial charge >= 0.3 is 0 Å². The summed E-state index contributed by atoms with van der Waals surface area (Å²) in [5.74, 6) is 0.741. The SMILES string of the molecule is Cc1cc(Cl)nc(CN2CCC[C@@H]2CO)n1. The highest BCUT2D eigenvalue weighted by molar-refractivity contribution is 6.29. The van der Waals surface area contributed by atoms with Crippen LogP contribution in [0.15, 0.2) is 6.07 Å². The standard InChI is InChI=1S/C11H16ClN3O/c1-8-5-10(12)14-11(13-8)6-15-4-2-3-9(15)7-16/h5,9,16H,2-4,6-7H2,1H3/t9-/m1/s1. The second-order valence-electron chi connectivity index (χ2n) is 4.20. The fraction of sp³-hybridized carbons (Fsp3) is 0.636. The lowest BCUT2D eigenvalue weighted by Crippen LogP contribution is -2.32. The third-order valence-electron chi connectivity index (χ3n) is 2.92. The van der Waals surface area contributed by atoms with E-state index < -0.39 is 0 Å². The van der Waals surface area contributed by atoms with E-state index in [0.29, 0.717) is 11.7 Å². The summed E-state index contributed by atoms with van der Waals surface area (Å²) < 4.78 is 0. The maximum Gasteiger partial charge on any atom is 0.144 e. The van der Waals surface area contributed by atoms with Crippen molar-refractivity contribution in [1.82, 2.24) is 14.9 Å². The zero-order valence-electron chi connectivity index (χ0n) is 9.36. The van der Waals surface area contributed by atoms with Crippen LogP contribution in [-0.4, -0.2) is 39.2 Å². The number of aryl methyl sites for hydroxylation is 1. The van der Waals surface area contributed by atoms with E-state index in [1.165, 1.54) is 0 Å². The van der Waals surface area contributed by atoms with Crippen LogP contribution in [0, 0.1) is 6.92 Å². The molecule has 0 aliphatic carbocycles. The summed E-state index contributed by atoms with van der Waals surface area (Å²) in [4.78, 5) is 10.8. The van der Waals surface area contributed by atoms with E-state index in [4.69, 9.17) is 11.6 Å². The Morgan fingerprint density at radius 2 is 2.38 bits per heavy atom. The first-order chi connectivity index (χ1) is 7.69. The minimum Gasteiger partial charge on any atom is -0.395 e. The summed E-state index contributed by atoms with van der Waals surface area (Å²) in [5.41, 5.74) is 0.884. The molecule has 1 aromatic heterocycles. The molecule has 0 unspecified atom stereocenters. The summed E-state index contributed by atoms with van der Waals surface area (Å²) in [7, 11) is 0. The molecule has 16 heavy (non-hydrogen) atoms. The topological polar surface area (TPSA) is 49.2 Å². The van der Waals surface area contributed by atoms with Crippen LogP contribution in [0.25, 0.3) is 0 Å². The van der Waals surface area contributed by atoms with Crippen LogP contribution in [0.3, 0.4) is 0 Å². The summed E-state index contributed by atoms with van der Waals surface area (Å²) in [6.07, 6.45) is 2.18. The molecule has 2 heterocycles. The van der Waals surface area contributed by atoms with Crippen LogP contribution in [0.4, 0.5) is 0 Å². The first-order valence-corrected chi connectivity index (χ1v) is 5.92. The Bertz CT molecular complexity index is 352. The molecule has 1 aliphatic heterocycles. The number of aromatic nitrogens is 2. The minimum absolute atomic E-state index is 0.208. The largest absolute Gasteiger partial charge is 0.395 e. The highest BCUT2D eigenvalue weighted by Gasteiger charge is 2.24. The van der Waals surface area contributed by atoms with Crippen molar-refractivity contribution in [3.8, 4) is 0 Å². The smallest absolute Gasteiger partial charge is 0.144 e. The molecule has 0 radical (unpaired) electrons. The molecule has 0 spiro atoms. The Hall–Kier alpha value is -0.710. The second-order valence-corrected chi connectivity index (χ2v) is 4.58. The van der Waals surface area contributed by atoms with Gasteiger partial charge in [0.1, 0.15) is 11.0 Å². The monoisotopic (exact) mass is 241 g/mol. The molecular weight excluding hydrogens is 226 g/mol. The third kappa shape index (κ3) is 2.70. The van der Waals surface area contributed by atoms with Crippen LogP contribution in [0.2, 0.25) is 5.15 Å². The average Bonchev–Trinajstić information content (AvgIpc) is 2.63. The molecule has 0 saturated carbocycles. The minimum atomic E-state index is 0.208. The first kappa shape index (κ1) is 11.8. The van der Waals surface area contributed by atoms with Gasteiger partial charge in [0.2, 0.25) is 0 Å². The van der Waals surface area contributed by atoms with Crippen LogP contribution in [-0.2, 0) is 6.54 Å². The maximum absolute atomic E-state index is 9.22. The van der Waals surface area contributed by atoms with Crippen LogP contribution in [0.1, 0.15) is 24.4 Å². The summed E-state index contributed by atoms with van der Waals surface area (Å²) in [5, 5.41) is 9.70. The summed E-state index contributed by atoms with van der Waals surface area (Å²) >= 11 is 5.89. The average molecular weight is 242 g/mol. The van der Waals surface area contributed by atoms with Crippen LogP contribution in [0.5, 0.6) is 0 Å². The molecule has 1 saturated heterocycles. The number of likely N-dealkylation sites (tertiary alicyclic amines) is 1. The number of nitrogens with zero attached hydrogens (tertiary/aromatic N) is 3. The molecule has 0 amide bonds. The van der Waals surface area contributed by atoms with Crippen molar-refractivity contribution in [2.24, 2.45) is 0 Å². The van der Waals surface area contributed by atoms with E-state index in [0.717, 1.165) is 30.9 Å². The Morgan fingerprint density at radius 1 is 1.56 bits per heavy atom. The molecule has 4 nitrogen and oxygen atoms in total. The van der Waals surface area contributed by atoms with Crippen molar-refractivity contribution in [2.75, 3.05) is 13.2 Å². The number of halogens is 1. The van der Waals surface area contributed by atoms with Crippen molar-refractivity contribution in [3.63, 3.8) is 0 Å². The van der Waals surface area contributed by atoms with Gasteiger partial charge in [0, 0.05) is 11.7 Å². The number of hydrogen-bond acceptors (Lipinski definition) is 4. The van der Waals surface area contributed by atoms with E-state index in [2.05, 4.69) is 14.9 Å². The highest BCUT2D eigenvalue weighted by atomic mass is 35.5. The zero-order chi connectivity index (χ0) is 11.5. The van der Waals surface area contributed by atoms with Gasteiger partial charge in [0.15, 0.2) is 0 Å². The zero-order valence-corrected chi connectivity index (χ0v) is 10.1. The maximum atomic E-state index is 9.22. The van der Waals surface area contributed by atoms with Gasteiger partial charge in [0.05, 0.1) is 13.2 Å². The summed E-state index contributed by atoms with van der Waals surface area (Å²) in [6.45, 7) is 3.79. The number of hydrogen-bond donors (Lipinski definition) is 1. The molecule has 1 aromatic rings. The van der Waals surface area contributed by atoms with Gasteiger partial charge in [-0.1, -0.05) is 11.6 Å². The lowest BCUT2D eigenvalue weighted by Gasteiger charge is -2.21. The number of rotatable bonds is 3. The lowest BCUT2D eigenvalue weighted by atomic mass is 10.2. The van der Waals surface area contributed by atoms with E-state index in [1.54, 1.807) is 6.07 Å². The molecule has 1 N–H and O–H groups in total. The second kappa shape index (κ2) is 5.08. The van der Waals surface area contributed by atoms with Gasteiger partial charge in [0.25, 0.3) is 0 Å². The molecule has 1 aliphatic rings. The quantitative estimate of drug-likeness (QED) is 0.813. The lowest BCUT2D eigenvalue weighted by molar-refractivity contribution is 0.151. The van der Waals surface area contributed by atoms with Gasteiger partial charge in [-0.05, 0) is 32.4 Å². The van der Waals surface area contributed by atoms with Crippen molar-refractivity contribution in [2.45, 2.75) is 32.4 Å². The van der Waals surface area contributed by atoms with Crippen molar-refractivity contribution in [3.05, 3.63) is 22.7 Å². The summed E-state index contributed by atoms with van der Waals surface area (Å²) in [6, 6.07) is 2.00. The highest BCUT2D eigenvalue weighted by Crippen LogP contribution is 2.19. The van der Waals surface area contributed by atoms with Crippen LogP contribution < -0.4 is 0 Å². The fourth-order valence-electron chi connectivity index (χ4n) is 2.15. The Balaban J connectivity index is 2.08. The molecule has 1 atom stereocenters. The molecule has 5 heteroatoms. The third-order valence-corrected chi connectivity index (χ3v) is 3.12. The molecule has 2 rings (SSSR count). The van der Waals surface area contributed by atoms with Gasteiger partial charge < -0.3 is 5.11 Å². The van der Waals surface area contributed by atoms with Gasteiger partial charge in [-0.3, -0.25) is 4.90 Å². The van der Waals surface area contributed by atoms with Gasteiger partial charge in [-0.15, -0.1) is 0 Å². The van der Waals surface area contributed by atoms with Crippen molar-refractivity contribution >= 4 is 11.6 Å². The van der Waals surface area contributed by atoms with Gasteiger partial charge in [-0.25, -0.2) is 9.97 Å². The van der Waals surface area contributed by atoms with E-state index in [-0.39, 0.29) is 12.6 Å². The molecule has 0 aromatic carbocycles. The van der Waals surface area contributed by atoms with E-state index in [9.17, 15) is 5.11 Å². The Morgan fingerprint density at radius 3 is 3.06 bits per heavy atom. The molecule has 88 valence electrons. The normalized spacial score (nSPS) is 21.6.